The number of aromatic amines is 1. The molecule has 0 radical (unpaired) electrons. The van der Waals surface area contributed by atoms with Crippen molar-refractivity contribution in [2.24, 2.45) is 5.92 Å². The zero-order valence-electron chi connectivity index (χ0n) is 13.0. The lowest BCUT2D eigenvalue weighted by atomic mass is 9.99. The molecular weight excluding hydrogens is 316 g/mol. The summed E-state index contributed by atoms with van der Waals surface area (Å²) in [6, 6.07) is 5.92. The normalized spacial score (nSPS) is 17.0. The molecule has 2 heterocycles. The Morgan fingerprint density at radius 2 is 2.09 bits per heavy atom. The number of piperidine rings is 1. The molecule has 0 aliphatic carbocycles. The zero-order valence-corrected chi connectivity index (χ0v) is 14.6. The van der Waals surface area contributed by atoms with Crippen LogP contribution in [-0.4, -0.2) is 23.0 Å². The summed E-state index contributed by atoms with van der Waals surface area (Å²) in [6.45, 7) is 7.39. The second-order valence-corrected chi connectivity index (χ2v) is 7.71. The summed E-state index contributed by atoms with van der Waals surface area (Å²) in [5.74, 6) is 0.819. The third-order valence-corrected chi connectivity index (χ3v) is 5.70. The summed E-state index contributed by atoms with van der Waals surface area (Å²) in [4.78, 5) is 18.4. The molecule has 3 rings (SSSR count). The van der Waals surface area contributed by atoms with E-state index in [-0.39, 0.29) is 4.87 Å². The molecule has 1 aromatic carbocycles. The third kappa shape index (κ3) is 3.45. The Bertz CT molecular complexity index is 714. The molecule has 1 saturated heterocycles. The lowest BCUT2D eigenvalue weighted by Gasteiger charge is -2.29. The van der Waals surface area contributed by atoms with Crippen molar-refractivity contribution in [1.82, 2.24) is 9.88 Å². The number of likely N-dealkylation sites (tertiary alicyclic amines) is 1. The number of aromatic nitrogens is 1. The van der Waals surface area contributed by atoms with Gasteiger partial charge in [-0.2, -0.15) is 0 Å². The fourth-order valence-corrected chi connectivity index (χ4v) is 3.94. The fourth-order valence-electron chi connectivity index (χ4n) is 2.93. The predicted molar refractivity (Wildman–Crippen MR) is 93.8 cm³/mol. The standard InChI is InChI=1S/C17H21ClN2OS/c1-11-5-7-20(8-6-11)10-15-16(19-17(21)22-15)13-3-4-14(18)12(2)9-13/h3-4,9,11H,5-8,10H2,1-2H3,(H,19,21). The number of thiazole rings is 1. The van der Waals surface area contributed by atoms with Crippen molar-refractivity contribution in [1.29, 1.82) is 0 Å². The van der Waals surface area contributed by atoms with Crippen molar-refractivity contribution in [2.45, 2.75) is 33.2 Å². The molecule has 2 aromatic rings. The summed E-state index contributed by atoms with van der Waals surface area (Å²) in [5, 5.41) is 0.757. The first kappa shape index (κ1) is 15.8. The largest absolute Gasteiger partial charge is 0.312 e. The number of benzene rings is 1. The van der Waals surface area contributed by atoms with Crippen LogP contribution in [0.15, 0.2) is 23.0 Å². The molecular formula is C17H21ClN2OS. The van der Waals surface area contributed by atoms with Gasteiger partial charge in [-0.15, -0.1) is 0 Å². The Kier molecular flexibility index (Phi) is 4.71. The third-order valence-electron chi connectivity index (χ3n) is 4.41. The van der Waals surface area contributed by atoms with Gasteiger partial charge in [0.2, 0.25) is 0 Å². The second kappa shape index (κ2) is 6.57. The van der Waals surface area contributed by atoms with E-state index >= 15 is 0 Å². The molecule has 0 bridgehead atoms. The van der Waals surface area contributed by atoms with Gasteiger partial charge in [-0.1, -0.05) is 35.9 Å². The molecule has 0 atom stereocenters. The average molecular weight is 337 g/mol. The van der Waals surface area contributed by atoms with Gasteiger partial charge in [0.05, 0.1) is 5.69 Å². The molecule has 0 unspecified atom stereocenters. The Labute approximate surface area is 139 Å². The number of aryl methyl sites for hydroxylation is 1. The molecule has 3 nitrogen and oxygen atoms in total. The van der Waals surface area contributed by atoms with Gasteiger partial charge in [-0.3, -0.25) is 9.69 Å². The van der Waals surface area contributed by atoms with E-state index in [1.54, 1.807) is 0 Å². The van der Waals surface area contributed by atoms with Crippen molar-refractivity contribution < 1.29 is 0 Å². The lowest BCUT2D eigenvalue weighted by Crippen LogP contribution is -2.32. The average Bonchev–Trinajstić information content (AvgIpc) is 2.85. The topological polar surface area (TPSA) is 36.1 Å². The second-order valence-electron chi connectivity index (χ2n) is 6.24. The Morgan fingerprint density at radius 3 is 2.77 bits per heavy atom. The summed E-state index contributed by atoms with van der Waals surface area (Å²) in [5.41, 5.74) is 3.03. The highest BCUT2D eigenvalue weighted by Gasteiger charge is 2.19. The van der Waals surface area contributed by atoms with Crippen molar-refractivity contribution >= 4 is 22.9 Å². The number of H-pyrrole nitrogens is 1. The minimum Gasteiger partial charge on any atom is -0.312 e. The van der Waals surface area contributed by atoms with Gasteiger partial charge in [0.25, 0.3) is 0 Å². The molecule has 0 amide bonds. The van der Waals surface area contributed by atoms with Crippen LogP contribution in [0.2, 0.25) is 5.02 Å². The van der Waals surface area contributed by atoms with Gasteiger partial charge in [0, 0.05) is 16.4 Å². The van der Waals surface area contributed by atoms with Crippen LogP contribution >= 0.6 is 22.9 Å². The summed E-state index contributed by atoms with van der Waals surface area (Å²) < 4.78 is 0. The Hall–Kier alpha value is -1.10. The van der Waals surface area contributed by atoms with E-state index in [1.165, 1.54) is 24.2 Å². The van der Waals surface area contributed by atoms with Crippen LogP contribution in [0.25, 0.3) is 11.3 Å². The SMILES string of the molecule is Cc1cc(-c2[nH]c(=O)sc2CN2CCC(C)CC2)ccc1Cl. The highest BCUT2D eigenvalue weighted by Crippen LogP contribution is 2.29. The van der Waals surface area contributed by atoms with Crippen LogP contribution in [0.4, 0.5) is 0 Å². The van der Waals surface area contributed by atoms with E-state index in [0.717, 1.165) is 52.3 Å². The molecule has 5 heteroatoms. The maximum absolute atomic E-state index is 11.8. The van der Waals surface area contributed by atoms with Crippen LogP contribution in [0.3, 0.4) is 0 Å². The molecule has 1 fully saturated rings. The first-order valence-electron chi connectivity index (χ1n) is 7.74. The minimum absolute atomic E-state index is 0.0166. The highest BCUT2D eigenvalue weighted by molar-refractivity contribution is 7.09. The molecule has 0 spiro atoms. The Balaban J connectivity index is 1.86. The first-order chi connectivity index (χ1) is 10.5. The molecule has 118 valence electrons. The number of rotatable bonds is 3. The van der Waals surface area contributed by atoms with Crippen LogP contribution in [0, 0.1) is 12.8 Å². The van der Waals surface area contributed by atoms with E-state index in [4.69, 9.17) is 11.6 Å². The number of nitrogens with zero attached hydrogens (tertiary/aromatic N) is 1. The Morgan fingerprint density at radius 1 is 1.36 bits per heavy atom. The van der Waals surface area contributed by atoms with Crippen molar-refractivity contribution in [3.63, 3.8) is 0 Å². The van der Waals surface area contributed by atoms with Crippen LogP contribution in [0.5, 0.6) is 0 Å². The summed E-state index contributed by atoms with van der Waals surface area (Å²) in [7, 11) is 0. The van der Waals surface area contributed by atoms with Gasteiger partial charge >= 0.3 is 4.87 Å². The number of hydrogen-bond donors (Lipinski definition) is 1. The van der Waals surface area contributed by atoms with Gasteiger partial charge in [0.1, 0.15) is 0 Å². The van der Waals surface area contributed by atoms with Crippen molar-refractivity contribution in [2.75, 3.05) is 13.1 Å². The summed E-state index contributed by atoms with van der Waals surface area (Å²) >= 11 is 7.43. The van der Waals surface area contributed by atoms with Crippen LogP contribution in [-0.2, 0) is 6.54 Å². The predicted octanol–water partition coefficient (Wildman–Crippen LogP) is 4.30. The van der Waals surface area contributed by atoms with Gasteiger partial charge in [-0.05, 0) is 62.0 Å². The van der Waals surface area contributed by atoms with Crippen LogP contribution in [0.1, 0.15) is 30.2 Å². The molecule has 1 aliphatic rings. The van der Waals surface area contributed by atoms with Gasteiger partial charge in [0.15, 0.2) is 0 Å². The van der Waals surface area contributed by atoms with E-state index in [2.05, 4.69) is 16.8 Å². The monoisotopic (exact) mass is 336 g/mol. The van der Waals surface area contributed by atoms with Crippen molar-refractivity contribution in [3.05, 3.63) is 43.3 Å². The maximum atomic E-state index is 11.8. The van der Waals surface area contributed by atoms with E-state index in [1.807, 2.05) is 25.1 Å². The number of halogens is 1. The van der Waals surface area contributed by atoms with Gasteiger partial charge in [-0.25, -0.2) is 0 Å². The smallest absolute Gasteiger partial charge is 0.305 e. The maximum Gasteiger partial charge on any atom is 0.305 e. The number of nitrogens with one attached hydrogen (secondary N) is 1. The van der Waals surface area contributed by atoms with E-state index in [9.17, 15) is 4.79 Å². The molecule has 1 aromatic heterocycles. The van der Waals surface area contributed by atoms with Crippen molar-refractivity contribution in [3.8, 4) is 11.3 Å². The quantitative estimate of drug-likeness (QED) is 0.907. The highest BCUT2D eigenvalue weighted by atomic mass is 35.5. The first-order valence-corrected chi connectivity index (χ1v) is 8.93. The fraction of sp³-hybridized carbons (Fsp3) is 0.471. The van der Waals surface area contributed by atoms with Gasteiger partial charge < -0.3 is 4.98 Å². The zero-order chi connectivity index (χ0) is 15.7. The van der Waals surface area contributed by atoms with E-state index < -0.39 is 0 Å². The molecule has 22 heavy (non-hydrogen) atoms. The lowest BCUT2D eigenvalue weighted by molar-refractivity contribution is 0.187. The molecule has 0 saturated carbocycles. The summed E-state index contributed by atoms with van der Waals surface area (Å²) in [6.07, 6.45) is 2.49. The molecule has 1 aliphatic heterocycles. The minimum atomic E-state index is 0.0166. The van der Waals surface area contributed by atoms with Crippen LogP contribution < -0.4 is 4.87 Å². The number of hydrogen-bond acceptors (Lipinski definition) is 3. The molecule has 1 N–H and O–H groups in total. The van der Waals surface area contributed by atoms with E-state index in [0.29, 0.717) is 0 Å².